The molecule has 0 radical (unpaired) electrons. The van der Waals surface area contributed by atoms with Crippen LogP contribution in [0, 0.1) is 6.92 Å². The first kappa shape index (κ1) is 12.4. The Labute approximate surface area is 107 Å². The monoisotopic (exact) mass is 243 g/mol. The Kier molecular flexibility index (Phi) is 3.77. The number of hydrogen-bond donors (Lipinski definition) is 1. The molecular formula is C14H17N3O. The Morgan fingerprint density at radius 2 is 2.06 bits per heavy atom. The minimum atomic E-state index is 0.678. The molecule has 1 aromatic carbocycles. The first-order valence-corrected chi connectivity index (χ1v) is 5.98. The van der Waals surface area contributed by atoms with Gasteiger partial charge in [0.2, 0.25) is 0 Å². The number of rotatable bonds is 4. The maximum absolute atomic E-state index is 5.53. The van der Waals surface area contributed by atoms with E-state index in [1.54, 1.807) is 6.33 Å². The summed E-state index contributed by atoms with van der Waals surface area (Å²) >= 11 is 0. The van der Waals surface area contributed by atoms with Gasteiger partial charge in [-0.3, -0.25) is 0 Å². The fourth-order valence-electron chi connectivity index (χ4n) is 1.78. The lowest BCUT2D eigenvalue weighted by molar-refractivity contribution is 0.338. The van der Waals surface area contributed by atoms with Gasteiger partial charge in [0.05, 0.1) is 12.3 Å². The molecule has 0 saturated heterocycles. The highest BCUT2D eigenvalue weighted by Crippen LogP contribution is 2.25. The molecule has 0 spiro atoms. The van der Waals surface area contributed by atoms with Crippen molar-refractivity contribution in [2.75, 3.05) is 19.0 Å². The van der Waals surface area contributed by atoms with Crippen molar-refractivity contribution >= 4 is 5.82 Å². The van der Waals surface area contributed by atoms with Gasteiger partial charge in [0, 0.05) is 18.7 Å². The number of aromatic nitrogens is 2. The van der Waals surface area contributed by atoms with Gasteiger partial charge in [0.15, 0.2) is 0 Å². The summed E-state index contributed by atoms with van der Waals surface area (Å²) in [5, 5.41) is 3.01. The molecule has 2 aromatic rings. The normalized spacial score (nSPS) is 10.2. The van der Waals surface area contributed by atoms with E-state index < -0.39 is 0 Å². The summed E-state index contributed by atoms with van der Waals surface area (Å²) in [6, 6.07) is 8.00. The molecule has 0 bridgehead atoms. The second kappa shape index (κ2) is 5.49. The Hall–Kier alpha value is -2.10. The van der Waals surface area contributed by atoms with E-state index in [0.29, 0.717) is 6.61 Å². The van der Waals surface area contributed by atoms with Crippen molar-refractivity contribution in [3.63, 3.8) is 0 Å². The highest BCUT2D eigenvalue weighted by molar-refractivity contribution is 5.64. The number of nitrogens with one attached hydrogen (secondary N) is 1. The maximum atomic E-state index is 5.53. The second-order valence-corrected chi connectivity index (χ2v) is 3.95. The molecule has 94 valence electrons. The lowest BCUT2D eigenvalue weighted by Gasteiger charge is -2.09. The Morgan fingerprint density at radius 3 is 2.72 bits per heavy atom. The molecule has 0 unspecified atom stereocenters. The zero-order chi connectivity index (χ0) is 13.0. The van der Waals surface area contributed by atoms with E-state index in [2.05, 4.69) is 21.4 Å². The van der Waals surface area contributed by atoms with Crippen LogP contribution in [0.25, 0.3) is 11.3 Å². The highest BCUT2D eigenvalue weighted by Gasteiger charge is 2.05. The van der Waals surface area contributed by atoms with Crippen LogP contribution in [0.5, 0.6) is 5.75 Å². The summed E-state index contributed by atoms with van der Waals surface area (Å²) in [4.78, 5) is 8.39. The van der Waals surface area contributed by atoms with E-state index in [9.17, 15) is 0 Å². The summed E-state index contributed by atoms with van der Waals surface area (Å²) in [5.41, 5.74) is 3.08. The molecule has 0 aliphatic rings. The Balaban J connectivity index is 2.35. The summed E-state index contributed by atoms with van der Waals surface area (Å²) in [5.74, 6) is 1.73. The van der Waals surface area contributed by atoms with Gasteiger partial charge in [0.25, 0.3) is 0 Å². The van der Waals surface area contributed by atoms with Crippen LogP contribution in [0.1, 0.15) is 12.5 Å². The molecule has 1 aromatic heterocycles. The lowest BCUT2D eigenvalue weighted by atomic mass is 10.1. The molecule has 0 aliphatic carbocycles. The van der Waals surface area contributed by atoms with E-state index in [0.717, 1.165) is 28.4 Å². The van der Waals surface area contributed by atoms with Crippen LogP contribution in [0.4, 0.5) is 5.82 Å². The van der Waals surface area contributed by atoms with E-state index >= 15 is 0 Å². The van der Waals surface area contributed by atoms with E-state index in [4.69, 9.17) is 4.74 Å². The number of benzene rings is 1. The van der Waals surface area contributed by atoms with Gasteiger partial charge in [-0.25, -0.2) is 9.97 Å². The van der Waals surface area contributed by atoms with Crippen molar-refractivity contribution in [3.8, 4) is 17.0 Å². The Bertz CT molecular complexity index is 540. The second-order valence-electron chi connectivity index (χ2n) is 3.95. The molecule has 0 atom stereocenters. The van der Waals surface area contributed by atoms with Crippen LogP contribution in [-0.4, -0.2) is 23.6 Å². The van der Waals surface area contributed by atoms with E-state index in [1.165, 1.54) is 0 Å². The number of nitrogens with zero attached hydrogens (tertiary/aromatic N) is 2. The quantitative estimate of drug-likeness (QED) is 0.897. The third-order valence-corrected chi connectivity index (χ3v) is 2.69. The third-order valence-electron chi connectivity index (χ3n) is 2.69. The van der Waals surface area contributed by atoms with Crippen LogP contribution < -0.4 is 10.1 Å². The fraction of sp³-hybridized carbons (Fsp3) is 0.286. The molecule has 0 aliphatic heterocycles. The summed E-state index contributed by atoms with van der Waals surface area (Å²) < 4.78 is 5.53. The predicted octanol–water partition coefficient (Wildman–Crippen LogP) is 2.89. The summed E-state index contributed by atoms with van der Waals surface area (Å²) in [6.07, 6.45) is 1.56. The minimum absolute atomic E-state index is 0.678. The van der Waals surface area contributed by atoms with Crippen molar-refractivity contribution in [2.24, 2.45) is 0 Å². The first-order chi connectivity index (χ1) is 8.74. The Morgan fingerprint density at radius 1 is 1.22 bits per heavy atom. The molecular weight excluding hydrogens is 226 g/mol. The lowest BCUT2D eigenvalue weighted by Crippen LogP contribution is -1.96. The van der Waals surface area contributed by atoms with Crippen LogP contribution in [0.15, 0.2) is 30.6 Å². The molecule has 1 N–H and O–H groups in total. The molecule has 0 amide bonds. The number of aryl methyl sites for hydroxylation is 1. The minimum Gasteiger partial charge on any atom is -0.494 e. The van der Waals surface area contributed by atoms with Crippen molar-refractivity contribution in [3.05, 3.63) is 36.2 Å². The van der Waals surface area contributed by atoms with Gasteiger partial charge < -0.3 is 10.1 Å². The molecule has 4 heteroatoms. The molecule has 1 heterocycles. The predicted molar refractivity (Wildman–Crippen MR) is 72.9 cm³/mol. The molecule has 0 fully saturated rings. The third kappa shape index (κ3) is 2.59. The standard InChI is InChI=1S/C14H17N3O/c1-4-18-13-6-5-11(7-10(13)2)12-8-14(15-3)17-9-16-12/h5-9H,4H2,1-3H3,(H,15,16,17). The van der Waals surface area contributed by atoms with E-state index in [1.807, 2.05) is 39.1 Å². The van der Waals surface area contributed by atoms with Gasteiger partial charge >= 0.3 is 0 Å². The zero-order valence-electron chi connectivity index (χ0n) is 10.9. The van der Waals surface area contributed by atoms with Gasteiger partial charge in [-0.05, 0) is 37.6 Å². The zero-order valence-corrected chi connectivity index (χ0v) is 10.9. The van der Waals surface area contributed by atoms with Crippen LogP contribution >= 0.6 is 0 Å². The first-order valence-electron chi connectivity index (χ1n) is 5.98. The van der Waals surface area contributed by atoms with Crippen molar-refractivity contribution in [1.82, 2.24) is 9.97 Å². The van der Waals surface area contributed by atoms with Crippen molar-refractivity contribution in [1.29, 1.82) is 0 Å². The molecule has 0 saturated carbocycles. The molecule has 18 heavy (non-hydrogen) atoms. The smallest absolute Gasteiger partial charge is 0.129 e. The number of hydrogen-bond acceptors (Lipinski definition) is 4. The summed E-state index contributed by atoms with van der Waals surface area (Å²) in [6.45, 7) is 4.70. The highest BCUT2D eigenvalue weighted by atomic mass is 16.5. The molecule has 2 rings (SSSR count). The fourth-order valence-corrected chi connectivity index (χ4v) is 1.78. The van der Waals surface area contributed by atoms with Crippen LogP contribution in [0.3, 0.4) is 0 Å². The maximum Gasteiger partial charge on any atom is 0.129 e. The van der Waals surface area contributed by atoms with Gasteiger partial charge in [-0.15, -0.1) is 0 Å². The number of ether oxygens (including phenoxy) is 1. The van der Waals surface area contributed by atoms with Crippen molar-refractivity contribution < 1.29 is 4.74 Å². The SMILES string of the molecule is CCOc1ccc(-c2cc(NC)ncn2)cc1C. The average molecular weight is 243 g/mol. The topological polar surface area (TPSA) is 47.0 Å². The summed E-state index contributed by atoms with van der Waals surface area (Å²) in [7, 11) is 1.84. The number of anilines is 1. The van der Waals surface area contributed by atoms with Gasteiger partial charge in [0.1, 0.15) is 17.9 Å². The van der Waals surface area contributed by atoms with Crippen LogP contribution in [-0.2, 0) is 0 Å². The van der Waals surface area contributed by atoms with E-state index in [-0.39, 0.29) is 0 Å². The average Bonchev–Trinajstić information content (AvgIpc) is 2.41. The largest absolute Gasteiger partial charge is 0.494 e. The molecule has 4 nitrogen and oxygen atoms in total. The van der Waals surface area contributed by atoms with Crippen LogP contribution in [0.2, 0.25) is 0 Å². The van der Waals surface area contributed by atoms with Gasteiger partial charge in [-0.2, -0.15) is 0 Å². The van der Waals surface area contributed by atoms with Crippen molar-refractivity contribution in [2.45, 2.75) is 13.8 Å². The van der Waals surface area contributed by atoms with Gasteiger partial charge in [-0.1, -0.05) is 0 Å².